The van der Waals surface area contributed by atoms with Gasteiger partial charge in [-0.15, -0.1) is 0 Å². The van der Waals surface area contributed by atoms with E-state index in [1.54, 1.807) is 18.7 Å². The molecular weight excluding hydrogens is 288 g/mol. The van der Waals surface area contributed by atoms with Gasteiger partial charge in [0.15, 0.2) is 0 Å². The van der Waals surface area contributed by atoms with Crippen LogP contribution in [0.25, 0.3) is 0 Å². The lowest BCUT2D eigenvalue weighted by molar-refractivity contribution is -0.121. The van der Waals surface area contributed by atoms with Crippen LogP contribution >= 0.6 is 15.9 Å². The Kier molecular flexibility index (Phi) is 5.74. The molecule has 98 valence electrons. The van der Waals surface area contributed by atoms with E-state index < -0.39 is 0 Å². The number of rotatable bonds is 3. The van der Waals surface area contributed by atoms with Gasteiger partial charge in [0.05, 0.1) is 11.4 Å². The van der Waals surface area contributed by atoms with Crippen LogP contribution in [0.3, 0.4) is 0 Å². The van der Waals surface area contributed by atoms with Crippen LogP contribution < -0.4 is 5.32 Å². The second-order valence-corrected chi connectivity index (χ2v) is 5.46. The zero-order chi connectivity index (χ0) is 12.8. The van der Waals surface area contributed by atoms with Crippen molar-refractivity contribution in [1.82, 2.24) is 10.2 Å². The van der Waals surface area contributed by atoms with Crippen molar-refractivity contribution in [1.29, 1.82) is 0 Å². The van der Waals surface area contributed by atoms with Gasteiger partial charge in [0, 0.05) is 19.1 Å². The number of amides is 2. The van der Waals surface area contributed by atoms with Gasteiger partial charge in [0.2, 0.25) is 5.91 Å². The van der Waals surface area contributed by atoms with E-state index in [1.807, 2.05) is 0 Å². The summed E-state index contributed by atoms with van der Waals surface area (Å²) in [6.45, 7) is 5.27. The molecule has 17 heavy (non-hydrogen) atoms. The monoisotopic (exact) mass is 306 g/mol. The number of ether oxygens (including phenoxy) is 1. The van der Waals surface area contributed by atoms with Gasteiger partial charge in [-0.1, -0.05) is 15.9 Å². The van der Waals surface area contributed by atoms with Gasteiger partial charge in [-0.25, -0.2) is 4.79 Å². The first-order valence-corrected chi connectivity index (χ1v) is 6.82. The maximum Gasteiger partial charge on any atom is 0.409 e. The number of nitrogens with one attached hydrogen (secondary N) is 1. The lowest BCUT2D eigenvalue weighted by Gasteiger charge is -2.31. The normalized spacial score (nSPS) is 18.6. The molecule has 0 aromatic heterocycles. The minimum Gasteiger partial charge on any atom is -0.450 e. The van der Waals surface area contributed by atoms with E-state index in [2.05, 4.69) is 21.2 Å². The SMILES string of the molecule is CCOC(=O)N1CCC(NC(=O)C(C)Br)CC1. The number of hydrogen-bond acceptors (Lipinski definition) is 3. The average molecular weight is 307 g/mol. The predicted molar refractivity (Wildman–Crippen MR) is 68.1 cm³/mol. The highest BCUT2D eigenvalue weighted by molar-refractivity contribution is 9.10. The van der Waals surface area contributed by atoms with Gasteiger partial charge in [-0.2, -0.15) is 0 Å². The molecule has 0 spiro atoms. The molecule has 0 saturated carbocycles. The molecule has 0 bridgehead atoms. The van der Waals surface area contributed by atoms with E-state index in [0.29, 0.717) is 19.7 Å². The fraction of sp³-hybridized carbons (Fsp3) is 0.818. The molecule has 0 aliphatic carbocycles. The number of carbonyl (C=O) groups is 2. The second-order valence-electron chi connectivity index (χ2n) is 4.08. The van der Waals surface area contributed by atoms with E-state index in [4.69, 9.17) is 4.74 Å². The third-order valence-corrected chi connectivity index (χ3v) is 3.14. The molecule has 5 nitrogen and oxygen atoms in total. The maximum atomic E-state index is 11.5. The number of alkyl halides is 1. The van der Waals surface area contributed by atoms with Crippen LogP contribution in [0.2, 0.25) is 0 Å². The van der Waals surface area contributed by atoms with Crippen LogP contribution in [0, 0.1) is 0 Å². The molecule has 1 saturated heterocycles. The average Bonchev–Trinajstić information content (AvgIpc) is 2.30. The Morgan fingerprint density at radius 3 is 2.53 bits per heavy atom. The maximum absolute atomic E-state index is 11.5. The van der Waals surface area contributed by atoms with E-state index >= 15 is 0 Å². The van der Waals surface area contributed by atoms with E-state index in [-0.39, 0.29) is 22.9 Å². The van der Waals surface area contributed by atoms with Crippen LogP contribution in [0.4, 0.5) is 4.79 Å². The summed E-state index contributed by atoms with van der Waals surface area (Å²) in [6.07, 6.45) is 1.31. The molecule has 0 aromatic rings. The molecule has 1 rings (SSSR count). The van der Waals surface area contributed by atoms with Gasteiger partial charge in [-0.3, -0.25) is 4.79 Å². The smallest absolute Gasteiger partial charge is 0.409 e. The third kappa shape index (κ3) is 4.53. The van der Waals surface area contributed by atoms with Gasteiger partial charge in [0.25, 0.3) is 0 Å². The number of hydrogen-bond donors (Lipinski definition) is 1. The van der Waals surface area contributed by atoms with Gasteiger partial charge in [-0.05, 0) is 26.7 Å². The van der Waals surface area contributed by atoms with Crippen molar-refractivity contribution in [2.45, 2.75) is 37.6 Å². The van der Waals surface area contributed by atoms with Crippen LogP contribution in [0.15, 0.2) is 0 Å². The first-order chi connectivity index (χ1) is 8.04. The standard InChI is InChI=1S/C11H19BrN2O3/c1-3-17-11(16)14-6-4-9(5-7-14)13-10(15)8(2)12/h8-9H,3-7H2,1-2H3,(H,13,15). The largest absolute Gasteiger partial charge is 0.450 e. The summed E-state index contributed by atoms with van der Waals surface area (Å²) in [5.41, 5.74) is 0. The summed E-state index contributed by atoms with van der Waals surface area (Å²) in [5, 5.41) is 2.95. The minimum atomic E-state index is -0.258. The fourth-order valence-electron chi connectivity index (χ4n) is 1.74. The number of piperidine rings is 1. The highest BCUT2D eigenvalue weighted by Crippen LogP contribution is 2.12. The number of carbonyl (C=O) groups excluding carboxylic acids is 2. The van der Waals surface area contributed by atoms with Crippen LogP contribution in [0.1, 0.15) is 26.7 Å². The summed E-state index contributed by atoms with van der Waals surface area (Å²) in [6, 6.07) is 0.160. The molecule has 1 aliphatic heterocycles. The number of halogens is 1. The molecule has 1 heterocycles. The molecule has 1 fully saturated rings. The third-order valence-electron chi connectivity index (χ3n) is 2.73. The van der Waals surface area contributed by atoms with Crippen LogP contribution in [0.5, 0.6) is 0 Å². The molecule has 1 aliphatic rings. The molecule has 0 radical (unpaired) electrons. The van der Waals surface area contributed by atoms with Crippen molar-refractivity contribution in [2.24, 2.45) is 0 Å². The van der Waals surface area contributed by atoms with Gasteiger partial charge < -0.3 is 15.0 Å². The molecule has 2 amide bonds. The molecule has 1 N–H and O–H groups in total. The summed E-state index contributed by atoms with van der Waals surface area (Å²) < 4.78 is 4.93. The van der Waals surface area contributed by atoms with Gasteiger partial charge in [0.1, 0.15) is 0 Å². The quantitative estimate of drug-likeness (QED) is 0.804. The number of nitrogens with zero attached hydrogens (tertiary/aromatic N) is 1. The predicted octanol–water partition coefficient (Wildman–Crippen LogP) is 1.51. The minimum absolute atomic E-state index is 0.000385. The van der Waals surface area contributed by atoms with Crippen molar-refractivity contribution in [3.05, 3.63) is 0 Å². The zero-order valence-corrected chi connectivity index (χ0v) is 11.8. The lowest BCUT2D eigenvalue weighted by Crippen LogP contribution is -2.47. The highest BCUT2D eigenvalue weighted by atomic mass is 79.9. The van der Waals surface area contributed by atoms with Gasteiger partial charge >= 0.3 is 6.09 Å². The molecular formula is C11H19BrN2O3. The Labute approximate surface area is 110 Å². The summed E-state index contributed by atoms with van der Waals surface area (Å²) in [5.74, 6) is -0.000385. The summed E-state index contributed by atoms with van der Waals surface area (Å²) >= 11 is 3.23. The zero-order valence-electron chi connectivity index (χ0n) is 10.2. The fourth-order valence-corrected chi connectivity index (χ4v) is 1.87. The first-order valence-electron chi connectivity index (χ1n) is 5.90. The lowest BCUT2D eigenvalue weighted by atomic mass is 10.1. The first kappa shape index (κ1) is 14.3. The van der Waals surface area contributed by atoms with Crippen molar-refractivity contribution in [2.75, 3.05) is 19.7 Å². The Hall–Kier alpha value is -0.780. The molecule has 0 aromatic carbocycles. The Morgan fingerprint density at radius 1 is 1.47 bits per heavy atom. The van der Waals surface area contributed by atoms with Crippen molar-refractivity contribution in [3.63, 3.8) is 0 Å². The Balaban J connectivity index is 2.31. The number of likely N-dealkylation sites (tertiary alicyclic amines) is 1. The van der Waals surface area contributed by atoms with Crippen LogP contribution in [-0.2, 0) is 9.53 Å². The highest BCUT2D eigenvalue weighted by Gasteiger charge is 2.25. The van der Waals surface area contributed by atoms with Crippen molar-refractivity contribution < 1.29 is 14.3 Å². The summed E-state index contributed by atoms with van der Waals surface area (Å²) in [4.78, 5) is 24.4. The Bertz CT molecular complexity index is 276. The second kappa shape index (κ2) is 6.83. The van der Waals surface area contributed by atoms with Crippen LogP contribution in [-0.4, -0.2) is 47.5 Å². The molecule has 1 unspecified atom stereocenters. The topological polar surface area (TPSA) is 58.6 Å². The van der Waals surface area contributed by atoms with Crippen molar-refractivity contribution in [3.8, 4) is 0 Å². The van der Waals surface area contributed by atoms with Crippen molar-refractivity contribution >= 4 is 27.9 Å². The molecule has 6 heteroatoms. The summed E-state index contributed by atoms with van der Waals surface area (Å²) in [7, 11) is 0. The van der Waals surface area contributed by atoms with E-state index in [1.165, 1.54) is 0 Å². The van der Waals surface area contributed by atoms with E-state index in [9.17, 15) is 9.59 Å². The van der Waals surface area contributed by atoms with E-state index in [0.717, 1.165) is 12.8 Å². The Morgan fingerprint density at radius 2 is 2.06 bits per heavy atom. The molecule has 1 atom stereocenters.